The molecule has 1 aromatic heterocycles. The molecule has 2 aliphatic heterocycles. The van der Waals surface area contributed by atoms with E-state index in [1.165, 1.54) is 31.4 Å². The number of carbonyl (C=O) groups is 1. The fourth-order valence-electron chi connectivity index (χ4n) is 5.30. The van der Waals surface area contributed by atoms with Crippen LogP contribution in [0.25, 0.3) is 0 Å². The van der Waals surface area contributed by atoms with E-state index in [-0.39, 0.29) is 5.92 Å². The molecule has 0 bridgehead atoms. The number of likely N-dealkylation sites (tertiary alicyclic amines) is 2. The highest BCUT2D eigenvalue weighted by Gasteiger charge is 2.34. The van der Waals surface area contributed by atoms with Crippen LogP contribution in [0.3, 0.4) is 0 Å². The maximum atomic E-state index is 13.1. The Morgan fingerprint density at radius 1 is 1.07 bits per heavy atom. The van der Waals surface area contributed by atoms with Crippen LogP contribution in [0.4, 0.5) is 0 Å². The maximum Gasteiger partial charge on any atom is 0.225 e. The highest BCUT2D eigenvalue weighted by atomic mass is 16.2. The zero-order valence-corrected chi connectivity index (χ0v) is 19.1. The number of aromatic nitrogens is 1. The minimum Gasteiger partial charge on any atom is -0.342 e. The smallest absolute Gasteiger partial charge is 0.225 e. The number of aryl methyl sites for hydroxylation is 1. The molecule has 1 aliphatic carbocycles. The third-order valence-electron chi connectivity index (χ3n) is 7.26. The van der Waals surface area contributed by atoms with Crippen LogP contribution in [0.2, 0.25) is 0 Å². The Morgan fingerprint density at radius 3 is 2.43 bits per heavy atom. The molecule has 0 N–H and O–H groups in total. The number of hydrogen-bond donors (Lipinski definition) is 0. The van der Waals surface area contributed by atoms with Crippen LogP contribution in [0, 0.1) is 18.8 Å². The van der Waals surface area contributed by atoms with Crippen molar-refractivity contribution in [3.63, 3.8) is 0 Å². The molecule has 1 aromatic rings. The van der Waals surface area contributed by atoms with E-state index in [1.54, 1.807) is 0 Å². The number of nitrogens with zero attached hydrogens (tertiary/aromatic N) is 4. The molecule has 0 unspecified atom stereocenters. The Labute approximate surface area is 182 Å². The predicted octanol–water partition coefficient (Wildman–Crippen LogP) is 3.72. The third kappa shape index (κ3) is 5.82. The molecule has 1 saturated carbocycles. The third-order valence-corrected chi connectivity index (χ3v) is 7.26. The van der Waals surface area contributed by atoms with E-state index < -0.39 is 0 Å². The molecule has 0 atom stereocenters. The van der Waals surface area contributed by atoms with Crippen molar-refractivity contribution in [2.24, 2.45) is 11.8 Å². The summed E-state index contributed by atoms with van der Waals surface area (Å²) in [6.45, 7) is 11.7. The first kappa shape index (κ1) is 21.8. The minimum atomic E-state index is 0.263. The van der Waals surface area contributed by atoms with Gasteiger partial charge in [0.25, 0.3) is 0 Å². The average Bonchev–Trinajstić information content (AvgIpc) is 3.58. The summed E-state index contributed by atoms with van der Waals surface area (Å²) < 4.78 is 0. The lowest BCUT2D eigenvalue weighted by Gasteiger charge is -2.42. The van der Waals surface area contributed by atoms with Crippen molar-refractivity contribution >= 4 is 5.91 Å². The zero-order chi connectivity index (χ0) is 20.9. The van der Waals surface area contributed by atoms with Crippen molar-refractivity contribution in [2.75, 3.05) is 39.3 Å². The summed E-state index contributed by atoms with van der Waals surface area (Å²) in [6.07, 6.45) is 8.32. The minimum absolute atomic E-state index is 0.263. The molecule has 5 nitrogen and oxygen atoms in total. The normalized spacial score (nSPS) is 22.3. The Balaban J connectivity index is 1.20. The van der Waals surface area contributed by atoms with Gasteiger partial charge in [-0.25, -0.2) is 0 Å². The Hall–Kier alpha value is -1.46. The summed E-state index contributed by atoms with van der Waals surface area (Å²) in [5.41, 5.74) is 2.30. The molecular weight excluding hydrogens is 372 g/mol. The Morgan fingerprint density at radius 2 is 1.80 bits per heavy atom. The molecule has 2 saturated heterocycles. The number of carbonyl (C=O) groups excluding carboxylic acids is 1. The second-order valence-electron chi connectivity index (χ2n) is 9.82. The van der Waals surface area contributed by atoms with Gasteiger partial charge in [0.2, 0.25) is 5.91 Å². The van der Waals surface area contributed by atoms with Gasteiger partial charge in [-0.1, -0.05) is 13.0 Å². The molecule has 166 valence electrons. The first-order valence-corrected chi connectivity index (χ1v) is 12.3. The molecule has 0 aromatic carbocycles. The van der Waals surface area contributed by atoms with Crippen molar-refractivity contribution in [2.45, 2.75) is 71.4 Å². The first-order chi connectivity index (χ1) is 14.6. The van der Waals surface area contributed by atoms with Crippen molar-refractivity contribution < 1.29 is 4.79 Å². The number of rotatable bonds is 8. The van der Waals surface area contributed by atoms with Crippen molar-refractivity contribution in [1.82, 2.24) is 19.7 Å². The lowest BCUT2D eigenvalue weighted by molar-refractivity contribution is -0.137. The Bertz CT molecular complexity index is 688. The lowest BCUT2D eigenvalue weighted by Crippen LogP contribution is -2.49. The van der Waals surface area contributed by atoms with Crippen molar-refractivity contribution in [1.29, 1.82) is 0 Å². The van der Waals surface area contributed by atoms with Crippen LogP contribution in [0.1, 0.15) is 63.3 Å². The van der Waals surface area contributed by atoms with Crippen LogP contribution in [-0.4, -0.2) is 70.9 Å². The first-order valence-electron chi connectivity index (χ1n) is 12.3. The standard InChI is InChI=1S/C25H40N4O/c1-3-13-29(18-21-7-8-21)25(30)22-9-16-28(17-10-22)24-11-14-27(15-12-24)19-23-6-4-5-20(2)26-23/h4-6,21-22,24H,3,7-19H2,1-2H3. The van der Waals surface area contributed by atoms with Gasteiger partial charge < -0.3 is 9.80 Å². The van der Waals surface area contributed by atoms with Gasteiger partial charge in [-0.15, -0.1) is 0 Å². The maximum absolute atomic E-state index is 13.1. The van der Waals surface area contributed by atoms with Crippen LogP contribution >= 0.6 is 0 Å². The van der Waals surface area contributed by atoms with Gasteiger partial charge in [0, 0.05) is 50.4 Å². The number of piperidine rings is 2. The monoisotopic (exact) mass is 412 g/mol. The molecule has 5 heteroatoms. The molecule has 3 fully saturated rings. The van der Waals surface area contributed by atoms with Crippen LogP contribution in [-0.2, 0) is 11.3 Å². The van der Waals surface area contributed by atoms with Gasteiger partial charge in [0.15, 0.2) is 0 Å². The molecule has 1 amide bonds. The molecule has 3 aliphatic rings. The van der Waals surface area contributed by atoms with E-state index in [1.807, 2.05) is 0 Å². The van der Waals surface area contributed by atoms with Crippen molar-refractivity contribution in [3.8, 4) is 0 Å². The van der Waals surface area contributed by atoms with E-state index in [4.69, 9.17) is 0 Å². The molecule has 0 spiro atoms. The van der Waals surface area contributed by atoms with Gasteiger partial charge in [0.05, 0.1) is 5.69 Å². The molecular formula is C25H40N4O. The number of amides is 1. The zero-order valence-electron chi connectivity index (χ0n) is 19.1. The highest BCUT2D eigenvalue weighted by molar-refractivity contribution is 5.79. The van der Waals surface area contributed by atoms with E-state index in [0.29, 0.717) is 11.9 Å². The van der Waals surface area contributed by atoms with Gasteiger partial charge in [-0.05, 0) is 83.0 Å². The topological polar surface area (TPSA) is 39.7 Å². The summed E-state index contributed by atoms with van der Waals surface area (Å²) in [5, 5.41) is 0. The fourth-order valence-corrected chi connectivity index (χ4v) is 5.30. The highest BCUT2D eigenvalue weighted by Crippen LogP contribution is 2.31. The molecule has 3 heterocycles. The molecule has 0 radical (unpaired) electrons. The second kappa shape index (κ2) is 10.2. The quantitative estimate of drug-likeness (QED) is 0.652. The summed E-state index contributed by atoms with van der Waals surface area (Å²) >= 11 is 0. The van der Waals surface area contributed by atoms with Crippen LogP contribution in [0.15, 0.2) is 18.2 Å². The van der Waals surface area contributed by atoms with Crippen LogP contribution in [0.5, 0.6) is 0 Å². The Kier molecular flexibility index (Phi) is 7.42. The van der Waals surface area contributed by atoms with E-state index in [2.05, 4.69) is 51.7 Å². The fraction of sp³-hybridized carbons (Fsp3) is 0.760. The summed E-state index contributed by atoms with van der Waals surface area (Å²) in [7, 11) is 0. The van der Waals surface area contributed by atoms with E-state index in [0.717, 1.165) is 76.7 Å². The van der Waals surface area contributed by atoms with Gasteiger partial charge >= 0.3 is 0 Å². The van der Waals surface area contributed by atoms with Gasteiger partial charge in [0.1, 0.15) is 0 Å². The van der Waals surface area contributed by atoms with Gasteiger partial charge in [-0.3, -0.25) is 14.7 Å². The van der Waals surface area contributed by atoms with Crippen molar-refractivity contribution in [3.05, 3.63) is 29.6 Å². The SMILES string of the molecule is CCCN(CC1CC1)C(=O)C1CCN(C2CCN(Cc3cccc(C)n3)CC2)CC1. The number of pyridine rings is 1. The van der Waals surface area contributed by atoms with E-state index in [9.17, 15) is 4.79 Å². The summed E-state index contributed by atoms with van der Waals surface area (Å²) in [6, 6.07) is 7.02. The summed E-state index contributed by atoms with van der Waals surface area (Å²) in [4.78, 5) is 25.2. The lowest BCUT2D eigenvalue weighted by atomic mass is 9.92. The predicted molar refractivity (Wildman–Crippen MR) is 121 cm³/mol. The molecule has 4 rings (SSSR count). The second-order valence-corrected chi connectivity index (χ2v) is 9.82. The average molecular weight is 413 g/mol. The van der Waals surface area contributed by atoms with E-state index >= 15 is 0 Å². The van der Waals surface area contributed by atoms with Gasteiger partial charge in [-0.2, -0.15) is 0 Å². The molecule has 30 heavy (non-hydrogen) atoms. The largest absolute Gasteiger partial charge is 0.342 e. The summed E-state index contributed by atoms with van der Waals surface area (Å²) in [5.74, 6) is 1.50. The van der Waals surface area contributed by atoms with Crippen LogP contribution < -0.4 is 0 Å². The number of hydrogen-bond acceptors (Lipinski definition) is 4.